The van der Waals surface area contributed by atoms with Crippen LogP contribution in [0.1, 0.15) is 39.1 Å². The first-order valence-electron chi connectivity index (χ1n) is 6.40. The Bertz CT molecular complexity index is 506. The van der Waals surface area contributed by atoms with E-state index >= 15 is 0 Å². The average Bonchev–Trinajstić information content (AvgIpc) is 2.75. The molecular weight excluding hydrogens is 224 g/mol. The van der Waals surface area contributed by atoms with Gasteiger partial charge in [0.25, 0.3) is 0 Å². The molecule has 0 saturated heterocycles. The molecule has 18 heavy (non-hydrogen) atoms. The van der Waals surface area contributed by atoms with Gasteiger partial charge < -0.3 is 4.52 Å². The van der Waals surface area contributed by atoms with Crippen LogP contribution in [0.15, 0.2) is 28.8 Å². The Kier molecular flexibility index (Phi) is 3.50. The van der Waals surface area contributed by atoms with Gasteiger partial charge in [-0.15, -0.1) is 0 Å². The van der Waals surface area contributed by atoms with Crippen molar-refractivity contribution in [1.29, 1.82) is 0 Å². The van der Waals surface area contributed by atoms with Gasteiger partial charge in [0.1, 0.15) is 0 Å². The van der Waals surface area contributed by atoms with Crippen LogP contribution in [0.5, 0.6) is 0 Å². The molecule has 2 aromatic rings. The summed E-state index contributed by atoms with van der Waals surface area (Å²) in [7, 11) is 0. The number of rotatable bonds is 3. The second kappa shape index (κ2) is 4.92. The summed E-state index contributed by atoms with van der Waals surface area (Å²) in [5.41, 5.74) is 2.49. The van der Waals surface area contributed by atoms with Crippen molar-refractivity contribution in [3.05, 3.63) is 35.7 Å². The Morgan fingerprint density at radius 1 is 1.11 bits per heavy atom. The van der Waals surface area contributed by atoms with E-state index in [0.717, 1.165) is 18.4 Å². The minimum Gasteiger partial charge on any atom is -0.339 e. The highest BCUT2D eigenvalue weighted by atomic mass is 16.5. The zero-order valence-corrected chi connectivity index (χ0v) is 11.5. The van der Waals surface area contributed by atoms with Crippen LogP contribution >= 0.6 is 0 Å². The zero-order chi connectivity index (χ0) is 13.2. The normalized spacial score (nSPS) is 11.8. The van der Waals surface area contributed by atoms with E-state index in [-0.39, 0.29) is 5.41 Å². The van der Waals surface area contributed by atoms with Crippen LogP contribution in [0.2, 0.25) is 0 Å². The van der Waals surface area contributed by atoms with Crippen molar-refractivity contribution in [2.75, 3.05) is 0 Å². The number of aromatic nitrogens is 2. The molecular formula is C15H20N2O. The molecule has 0 radical (unpaired) electrons. The first-order chi connectivity index (χ1) is 8.48. The molecule has 2 rings (SSSR count). The van der Waals surface area contributed by atoms with Gasteiger partial charge in [-0.25, -0.2) is 0 Å². The second-order valence-electron chi connectivity index (χ2n) is 5.80. The molecule has 96 valence electrons. The van der Waals surface area contributed by atoms with Crippen LogP contribution in [0.3, 0.4) is 0 Å². The molecule has 0 aliphatic heterocycles. The number of benzene rings is 1. The lowest BCUT2D eigenvalue weighted by atomic mass is 9.92. The highest BCUT2D eigenvalue weighted by molar-refractivity contribution is 5.54. The van der Waals surface area contributed by atoms with Crippen LogP contribution in [-0.4, -0.2) is 10.1 Å². The Morgan fingerprint density at radius 3 is 2.33 bits per heavy atom. The average molecular weight is 244 g/mol. The Labute approximate surface area is 108 Å². The van der Waals surface area contributed by atoms with Crippen molar-refractivity contribution in [2.24, 2.45) is 5.41 Å². The Balaban J connectivity index is 2.18. The highest BCUT2D eigenvalue weighted by Gasteiger charge is 2.17. The van der Waals surface area contributed by atoms with Crippen molar-refractivity contribution >= 4 is 0 Å². The van der Waals surface area contributed by atoms with Gasteiger partial charge in [0.05, 0.1) is 0 Å². The summed E-state index contributed by atoms with van der Waals surface area (Å²) >= 11 is 0. The lowest BCUT2D eigenvalue weighted by Gasteiger charge is -2.13. The molecule has 1 heterocycles. The highest BCUT2D eigenvalue weighted by Crippen LogP contribution is 2.22. The van der Waals surface area contributed by atoms with Crippen LogP contribution in [0, 0.1) is 5.41 Å². The minimum atomic E-state index is 0.163. The molecule has 0 bridgehead atoms. The topological polar surface area (TPSA) is 38.9 Å². The molecule has 0 fully saturated rings. The van der Waals surface area contributed by atoms with Gasteiger partial charge in [-0.2, -0.15) is 4.98 Å². The van der Waals surface area contributed by atoms with Crippen molar-refractivity contribution in [2.45, 2.75) is 40.5 Å². The third-order valence-electron chi connectivity index (χ3n) is 2.77. The zero-order valence-electron chi connectivity index (χ0n) is 11.5. The fourth-order valence-electron chi connectivity index (χ4n) is 1.79. The Morgan fingerprint density at radius 2 is 1.78 bits per heavy atom. The van der Waals surface area contributed by atoms with Crippen molar-refractivity contribution in [1.82, 2.24) is 10.1 Å². The van der Waals surface area contributed by atoms with Gasteiger partial charge in [0, 0.05) is 12.0 Å². The number of hydrogen-bond acceptors (Lipinski definition) is 3. The second-order valence-corrected chi connectivity index (χ2v) is 5.80. The Hall–Kier alpha value is -1.64. The van der Waals surface area contributed by atoms with Crippen LogP contribution in [0.25, 0.3) is 11.4 Å². The molecule has 0 aliphatic rings. The van der Waals surface area contributed by atoms with Gasteiger partial charge in [0.2, 0.25) is 11.7 Å². The van der Waals surface area contributed by atoms with Crippen LogP contribution in [-0.2, 0) is 12.8 Å². The molecule has 1 aromatic heterocycles. The number of nitrogens with zero attached hydrogens (tertiary/aromatic N) is 2. The van der Waals surface area contributed by atoms with E-state index in [1.165, 1.54) is 5.56 Å². The van der Waals surface area contributed by atoms with Crippen molar-refractivity contribution in [3.8, 4) is 11.4 Å². The summed E-state index contributed by atoms with van der Waals surface area (Å²) in [5, 5.41) is 4.04. The summed E-state index contributed by atoms with van der Waals surface area (Å²) in [6.07, 6.45) is 1.84. The van der Waals surface area contributed by atoms with Gasteiger partial charge in [0.15, 0.2) is 0 Å². The van der Waals surface area contributed by atoms with Crippen molar-refractivity contribution in [3.63, 3.8) is 0 Å². The van der Waals surface area contributed by atoms with Crippen molar-refractivity contribution < 1.29 is 4.52 Å². The minimum absolute atomic E-state index is 0.163. The molecule has 0 unspecified atom stereocenters. The summed E-state index contributed by atoms with van der Waals surface area (Å²) < 4.78 is 5.29. The molecule has 0 atom stereocenters. The summed E-state index contributed by atoms with van der Waals surface area (Å²) in [5.74, 6) is 1.38. The standard InChI is InChI=1S/C15H20N2O/c1-5-11-6-8-12(9-7-11)14-16-13(18-17-14)10-15(2,3)4/h6-9H,5,10H2,1-4H3. The summed E-state index contributed by atoms with van der Waals surface area (Å²) in [6, 6.07) is 8.30. The monoisotopic (exact) mass is 244 g/mol. The molecule has 0 spiro atoms. The number of aryl methyl sites for hydroxylation is 1. The lowest BCUT2D eigenvalue weighted by Crippen LogP contribution is -2.09. The van der Waals surface area contributed by atoms with Gasteiger partial charge in [-0.1, -0.05) is 57.1 Å². The van der Waals surface area contributed by atoms with Gasteiger partial charge in [-0.05, 0) is 17.4 Å². The molecule has 0 amide bonds. The molecule has 0 N–H and O–H groups in total. The van der Waals surface area contributed by atoms with Gasteiger partial charge in [-0.3, -0.25) is 0 Å². The molecule has 3 nitrogen and oxygen atoms in total. The molecule has 0 saturated carbocycles. The quantitative estimate of drug-likeness (QED) is 0.822. The van der Waals surface area contributed by atoms with E-state index in [1.807, 2.05) is 12.1 Å². The third-order valence-corrected chi connectivity index (χ3v) is 2.77. The largest absolute Gasteiger partial charge is 0.339 e. The maximum atomic E-state index is 5.29. The first kappa shape index (κ1) is 12.8. The fourth-order valence-corrected chi connectivity index (χ4v) is 1.79. The lowest BCUT2D eigenvalue weighted by molar-refractivity contribution is 0.314. The van der Waals surface area contributed by atoms with E-state index in [1.54, 1.807) is 0 Å². The third kappa shape index (κ3) is 3.19. The fraction of sp³-hybridized carbons (Fsp3) is 0.467. The summed E-state index contributed by atoms with van der Waals surface area (Å²) in [6.45, 7) is 8.62. The smallest absolute Gasteiger partial charge is 0.227 e. The molecule has 0 aliphatic carbocycles. The maximum Gasteiger partial charge on any atom is 0.227 e. The van der Waals surface area contributed by atoms with E-state index < -0.39 is 0 Å². The van der Waals surface area contributed by atoms with Gasteiger partial charge >= 0.3 is 0 Å². The number of hydrogen-bond donors (Lipinski definition) is 0. The molecule has 1 aromatic carbocycles. The SMILES string of the molecule is CCc1ccc(-c2noc(CC(C)(C)C)n2)cc1. The van der Waals surface area contributed by atoms with E-state index in [0.29, 0.717) is 11.7 Å². The maximum absolute atomic E-state index is 5.29. The van der Waals surface area contributed by atoms with Crippen LogP contribution < -0.4 is 0 Å². The first-order valence-corrected chi connectivity index (χ1v) is 6.40. The van der Waals surface area contributed by atoms with E-state index in [9.17, 15) is 0 Å². The predicted octanol–water partition coefficient (Wildman–Crippen LogP) is 3.89. The van der Waals surface area contributed by atoms with Crippen LogP contribution in [0.4, 0.5) is 0 Å². The predicted molar refractivity (Wildman–Crippen MR) is 72.3 cm³/mol. The molecule has 3 heteroatoms. The summed E-state index contributed by atoms with van der Waals surface area (Å²) in [4.78, 5) is 4.44. The van der Waals surface area contributed by atoms with E-state index in [4.69, 9.17) is 4.52 Å². The van der Waals surface area contributed by atoms with E-state index in [2.05, 4.69) is 50.0 Å².